The Labute approximate surface area is 189 Å². The van der Waals surface area contributed by atoms with Crippen LogP contribution in [-0.4, -0.2) is 27.7 Å². The topological polar surface area (TPSA) is 122 Å². The molecular formula is C24H20N4O5. The second-order valence-electron chi connectivity index (χ2n) is 7.77. The zero-order valence-electron chi connectivity index (χ0n) is 17.6. The normalized spacial score (nSPS) is 17.5. The van der Waals surface area contributed by atoms with E-state index in [1.807, 2.05) is 18.2 Å². The second-order valence-corrected chi connectivity index (χ2v) is 7.77. The first-order chi connectivity index (χ1) is 15.8. The number of hydrogen-bond donors (Lipinski definition) is 2. The van der Waals surface area contributed by atoms with Crippen molar-refractivity contribution >= 4 is 29.2 Å². The van der Waals surface area contributed by atoms with Crippen LogP contribution in [0.3, 0.4) is 0 Å². The molecule has 9 nitrogen and oxygen atoms in total. The number of anilines is 1. The molecule has 1 atom stereocenters. The molecule has 0 aromatic heterocycles. The summed E-state index contributed by atoms with van der Waals surface area (Å²) in [6, 6.07) is 20.7. The standard InChI is InChI=1S/C24H20N4O5/c1-24(18-6-5-9-20(14-18)28(32)33)22(30)27(23(31)26-24)15-16-10-12-17(13-11-16)21(29)25-19-7-3-2-4-8-19/h2-14H,15H2,1H3,(H,25,29)(H,26,31). The van der Waals surface area contributed by atoms with Crippen LogP contribution in [-0.2, 0) is 16.9 Å². The van der Waals surface area contributed by atoms with Gasteiger partial charge in [0.1, 0.15) is 5.54 Å². The highest BCUT2D eigenvalue weighted by Crippen LogP contribution is 2.31. The van der Waals surface area contributed by atoms with E-state index in [0.29, 0.717) is 22.4 Å². The zero-order chi connectivity index (χ0) is 23.6. The van der Waals surface area contributed by atoms with Crippen molar-refractivity contribution in [1.29, 1.82) is 0 Å². The third-order valence-electron chi connectivity index (χ3n) is 5.50. The summed E-state index contributed by atoms with van der Waals surface area (Å²) in [5.74, 6) is -0.792. The predicted octanol–water partition coefficient (Wildman–Crippen LogP) is 3.81. The number of para-hydroxylation sites is 1. The molecule has 9 heteroatoms. The summed E-state index contributed by atoms with van der Waals surface area (Å²) in [7, 11) is 0. The molecule has 4 amide bonds. The maximum absolute atomic E-state index is 13.1. The largest absolute Gasteiger partial charge is 0.325 e. The number of non-ortho nitro benzene ring substituents is 1. The molecule has 1 heterocycles. The van der Waals surface area contributed by atoms with E-state index in [1.165, 1.54) is 25.1 Å². The minimum Gasteiger partial charge on any atom is -0.322 e. The van der Waals surface area contributed by atoms with Crippen molar-refractivity contribution in [3.63, 3.8) is 0 Å². The van der Waals surface area contributed by atoms with Gasteiger partial charge in [0.15, 0.2) is 0 Å². The van der Waals surface area contributed by atoms with E-state index in [4.69, 9.17) is 0 Å². The lowest BCUT2D eigenvalue weighted by atomic mass is 9.91. The summed E-state index contributed by atoms with van der Waals surface area (Å²) >= 11 is 0. The molecule has 0 bridgehead atoms. The number of carbonyl (C=O) groups excluding carboxylic acids is 3. The molecule has 0 radical (unpaired) electrons. The zero-order valence-corrected chi connectivity index (χ0v) is 17.6. The molecule has 1 aliphatic rings. The Hall–Kier alpha value is -4.53. The third-order valence-corrected chi connectivity index (χ3v) is 5.50. The number of urea groups is 1. The highest BCUT2D eigenvalue weighted by atomic mass is 16.6. The highest BCUT2D eigenvalue weighted by molar-refractivity contribution is 6.07. The van der Waals surface area contributed by atoms with E-state index in [1.54, 1.807) is 42.5 Å². The number of imide groups is 1. The molecule has 0 aliphatic carbocycles. The number of nitro benzene ring substituents is 1. The van der Waals surface area contributed by atoms with Crippen molar-refractivity contribution in [3.05, 3.63) is 106 Å². The molecule has 33 heavy (non-hydrogen) atoms. The molecule has 0 saturated carbocycles. The van der Waals surface area contributed by atoms with Gasteiger partial charge in [-0.3, -0.25) is 24.6 Å². The lowest BCUT2D eigenvalue weighted by Gasteiger charge is -2.22. The van der Waals surface area contributed by atoms with E-state index in [-0.39, 0.29) is 18.1 Å². The predicted molar refractivity (Wildman–Crippen MR) is 120 cm³/mol. The smallest absolute Gasteiger partial charge is 0.322 e. The molecule has 0 spiro atoms. The lowest BCUT2D eigenvalue weighted by Crippen LogP contribution is -2.40. The van der Waals surface area contributed by atoms with Crippen molar-refractivity contribution in [1.82, 2.24) is 10.2 Å². The quantitative estimate of drug-likeness (QED) is 0.340. The first kappa shape index (κ1) is 21.7. The van der Waals surface area contributed by atoms with Crippen molar-refractivity contribution in [2.45, 2.75) is 19.0 Å². The minimum absolute atomic E-state index is 0.00420. The van der Waals surface area contributed by atoms with Crippen molar-refractivity contribution in [2.75, 3.05) is 5.32 Å². The van der Waals surface area contributed by atoms with Gasteiger partial charge in [-0.25, -0.2) is 4.79 Å². The first-order valence-corrected chi connectivity index (χ1v) is 10.1. The Morgan fingerprint density at radius 2 is 1.73 bits per heavy atom. The average molecular weight is 444 g/mol. The maximum Gasteiger partial charge on any atom is 0.325 e. The van der Waals surface area contributed by atoms with Crippen LogP contribution >= 0.6 is 0 Å². The SMILES string of the molecule is CC1(c2cccc([N+](=O)[O-])c2)NC(=O)N(Cc2ccc(C(=O)Nc3ccccc3)cc2)C1=O. The van der Waals surface area contributed by atoms with Crippen LogP contribution in [0.25, 0.3) is 0 Å². The van der Waals surface area contributed by atoms with E-state index < -0.39 is 22.4 Å². The Kier molecular flexibility index (Phi) is 5.61. The number of benzene rings is 3. The summed E-state index contributed by atoms with van der Waals surface area (Å²) < 4.78 is 0. The Balaban J connectivity index is 1.48. The molecule has 1 aliphatic heterocycles. The highest BCUT2D eigenvalue weighted by Gasteiger charge is 2.49. The molecular weight excluding hydrogens is 424 g/mol. The molecule has 4 rings (SSSR count). The number of hydrogen-bond acceptors (Lipinski definition) is 5. The van der Waals surface area contributed by atoms with Gasteiger partial charge >= 0.3 is 6.03 Å². The van der Waals surface area contributed by atoms with Crippen LogP contribution in [0, 0.1) is 10.1 Å². The second kappa shape index (κ2) is 8.54. The van der Waals surface area contributed by atoms with Crippen LogP contribution in [0.1, 0.15) is 28.4 Å². The summed E-state index contributed by atoms with van der Waals surface area (Å²) in [6.07, 6.45) is 0. The van der Waals surface area contributed by atoms with Crippen molar-refractivity contribution in [3.8, 4) is 0 Å². The Bertz CT molecular complexity index is 1240. The van der Waals surface area contributed by atoms with E-state index in [0.717, 1.165) is 4.90 Å². The fraction of sp³-hybridized carbons (Fsp3) is 0.125. The van der Waals surface area contributed by atoms with Crippen molar-refractivity contribution < 1.29 is 19.3 Å². The molecule has 1 fully saturated rings. The molecule has 2 N–H and O–H groups in total. The van der Waals surface area contributed by atoms with Gasteiger partial charge in [0.05, 0.1) is 11.5 Å². The van der Waals surface area contributed by atoms with Gasteiger partial charge in [-0.15, -0.1) is 0 Å². The van der Waals surface area contributed by atoms with Gasteiger partial charge in [-0.1, -0.05) is 42.5 Å². The monoisotopic (exact) mass is 444 g/mol. The summed E-state index contributed by atoms with van der Waals surface area (Å²) in [5, 5.41) is 16.5. The minimum atomic E-state index is -1.42. The Morgan fingerprint density at radius 3 is 2.39 bits per heavy atom. The van der Waals surface area contributed by atoms with Crippen LogP contribution in [0.15, 0.2) is 78.9 Å². The van der Waals surface area contributed by atoms with E-state index in [9.17, 15) is 24.5 Å². The van der Waals surface area contributed by atoms with Crippen LogP contribution < -0.4 is 10.6 Å². The number of nitrogens with one attached hydrogen (secondary N) is 2. The number of rotatable bonds is 6. The summed E-state index contributed by atoms with van der Waals surface area (Å²) in [5.41, 5.74) is 0.494. The molecule has 3 aromatic carbocycles. The molecule has 3 aromatic rings. The van der Waals surface area contributed by atoms with Crippen molar-refractivity contribution in [2.24, 2.45) is 0 Å². The number of nitrogens with zero attached hydrogens (tertiary/aromatic N) is 2. The number of nitro groups is 1. The molecule has 1 saturated heterocycles. The van der Waals surface area contributed by atoms with E-state index >= 15 is 0 Å². The Morgan fingerprint density at radius 1 is 1.03 bits per heavy atom. The fourth-order valence-corrected chi connectivity index (χ4v) is 3.64. The van der Waals surface area contributed by atoms with Gasteiger partial charge in [0.2, 0.25) is 0 Å². The van der Waals surface area contributed by atoms with E-state index in [2.05, 4.69) is 10.6 Å². The van der Waals surface area contributed by atoms with Gasteiger partial charge in [-0.2, -0.15) is 0 Å². The summed E-state index contributed by atoms with van der Waals surface area (Å²) in [4.78, 5) is 49.7. The first-order valence-electron chi connectivity index (χ1n) is 10.1. The lowest BCUT2D eigenvalue weighted by molar-refractivity contribution is -0.385. The maximum atomic E-state index is 13.1. The van der Waals surface area contributed by atoms with Gasteiger partial charge in [-0.05, 0) is 42.3 Å². The number of amides is 4. The molecule has 166 valence electrons. The van der Waals surface area contributed by atoms with Gasteiger partial charge in [0, 0.05) is 23.4 Å². The number of carbonyl (C=O) groups is 3. The fourth-order valence-electron chi connectivity index (χ4n) is 3.64. The summed E-state index contributed by atoms with van der Waals surface area (Å²) in [6.45, 7) is 1.51. The van der Waals surface area contributed by atoms with Crippen LogP contribution in [0.5, 0.6) is 0 Å². The third kappa shape index (κ3) is 4.29. The average Bonchev–Trinajstić information content (AvgIpc) is 3.04. The molecule has 1 unspecified atom stereocenters. The van der Waals surface area contributed by atoms with Gasteiger partial charge < -0.3 is 10.6 Å². The van der Waals surface area contributed by atoms with Gasteiger partial charge in [0.25, 0.3) is 17.5 Å². The van der Waals surface area contributed by atoms with Crippen LogP contribution in [0.2, 0.25) is 0 Å². The van der Waals surface area contributed by atoms with Crippen LogP contribution in [0.4, 0.5) is 16.2 Å².